The molecule has 0 saturated carbocycles. The molecule has 0 aliphatic rings. The number of benzene rings is 2. The fourth-order valence-electron chi connectivity index (χ4n) is 1.85. The Balaban J connectivity index is 2.67. The van der Waals surface area contributed by atoms with Crippen LogP contribution in [-0.4, -0.2) is 0 Å². The molecule has 1 aromatic heterocycles. The molecule has 2 aromatic carbocycles. The Bertz CT molecular complexity index is 746. The standard InChI is InChI=1S/C13H8ClNS/c14-9-5-3-7-11-12(9)13(15)8-4-1-2-6-10(8)16-11/h1-7,15H. The minimum absolute atomic E-state index is 0.523. The number of rotatable bonds is 0. The van der Waals surface area contributed by atoms with Crippen LogP contribution in [0.3, 0.4) is 0 Å². The van der Waals surface area contributed by atoms with E-state index in [4.69, 9.17) is 17.0 Å². The van der Waals surface area contributed by atoms with Crippen LogP contribution >= 0.6 is 22.9 Å². The molecular formula is C13H8ClNS. The third-order valence-corrected chi connectivity index (χ3v) is 4.05. The number of nitrogens with one attached hydrogen (secondary N) is 1. The molecule has 3 aromatic rings. The van der Waals surface area contributed by atoms with Crippen LogP contribution < -0.4 is 5.36 Å². The molecule has 3 rings (SSSR count). The average Bonchev–Trinajstić information content (AvgIpc) is 2.29. The molecule has 0 unspecified atom stereocenters. The molecule has 0 fully saturated rings. The normalized spacial score (nSPS) is 11.1. The van der Waals surface area contributed by atoms with E-state index in [0.717, 1.165) is 20.2 Å². The molecule has 16 heavy (non-hydrogen) atoms. The van der Waals surface area contributed by atoms with E-state index in [1.807, 2.05) is 42.5 Å². The molecule has 1 heterocycles. The predicted molar refractivity (Wildman–Crippen MR) is 70.2 cm³/mol. The van der Waals surface area contributed by atoms with Crippen LogP contribution in [0, 0.1) is 5.41 Å². The average molecular weight is 246 g/mol. The van der Waals surface area contributed by atoms with Crippen LogP contribution in [0.15, 0.2) is 42.5 Å². The first-order chi connectivity index (χ1) is 7.77. The Morgan fingerprint density at radius 2 is 1.69 bits per heavy atom. The lowest BCUT2D eigenvalue weighted by molar-refractivity contribution is 1.34. The van der Waals surface area contributed by atoms with Crippen molar-refractivity contribution in [2.45, 2.75) is 0 Å². The highest BCUT2D eigenvalue weighted by Crippen LogP contribution is 2.28. The molecule has 0 bridgehead atoms. The molecule has 0 spiro atoms. The van der Waals surface area contributed by atoms with Gasteiger partial charge in [0, 0.05) is 20.2 Å². The van der Waals surface area contributed by atoms with E-state index >= 15 is 0 Å². The Labute approximate surface area is 101 Å². The van der Waals surface area contributed by atoms with Gasteiger partial charge in [-0.1, -0.05) is 35.9 Å². The Kier molecular flexibility index (Phi) is 2.20. The molecule has 0 aliphatic heterocycles. The van der Waals surface area contributed by atoms with Gasteiger partial charge in [0.15, 0.2) is 0 Å². The fraction of sp³-hybridized carbons (Fsp3) is 0. The summed E-state index contributed by atoms with van der Waals surface area (Å²) in [4.78, 5) is 0. The van der Waals surface area contributed by atoms with Crippen LogP contribution in [0.1, 0.15) is 0 Å². The van der Waals surface area contributed by atoms with Crippen LogP contribution in [0.2, 0.25) is 5.02 Å². The van der Waals surface area contributed by atoms with Gasteiger partial charge in [-0.25, -0.2) is 0 Å². The van der Waals surface area contributed by atoms with E-state index in [0.29, 0.717) is 10.4 Å². The van der Waals surface area contributed by atoms with Crippen molar-refractivity contribution < 1.29 is 0 Å². The number of hydrogen-bond acceptors (Lipinski definition) is 2. The zero-order valence-electron chi connectivity index (χ0n) is 8.33. The monoisotopic (exact) mass is 245 g/mol. The van der Waals surface area contributed by atoms with Gasteiger partial charge in [-0.15, -0.1) is 11.3 Å². The number of fused-ring (bicyclic) bond motifs is 2. The SMILES string of the molecule is N=c1c2ccccc2sc2cccc(Cl)c12. The van der Waals surface area contributed by atoms with E-state index in [1.54, 1.807) is 11.3 Å². The Morgan fingerprint density at radius 3 is 2.56 bits per heavy atom. The van der Waals surface area contributed by atoms with Gasteiger partial charge in [-0.2, -0.15) is 0 Å². The molecule has 3 heteroatoms. The summed E-state index contributed by atoms with van der Waals surface area (Å²) in [7, 11) is 0. The Morgan fingerprint density at radius 1 is 0.938 bits per heavy atom. The second-order valence-electron chi connectivity index (χ2n) is 3.59. The molecular weight excluding hydrogens is 238 g/mol. The van der Waals surface area contributed by atoms with Crippen molar-refractivity contribution in [1.82, 2.24) is 0 Å². The van der Waals surface area contributed by atoms with E-state index in [9.17, 15) is 0 Å². The zero-order valence-corrected chi connectivity index (χ0v) is 9.90. The van der Waals surface area contributed by atoms with E-state index < -0.39 is 0 Å². The largest absolute Gasteiger partial charge is 0.299 e. The van der Waals surface area contributed by atoms with Gasteiger partial charge in [-0.05, 0) is 18.2 Å². The molecule has 1 nitrogen and oxygen atoms in total. The highest BCUT2D eigenvalue weighted by molar-refractivity contribution is 7.24. The van der Waals surface area contributed by atoms with Crippen LogP contribution in [0.4, 0.5) is 0 Å². The molecule has 78 valence electrons. The van der Waals surface area contributed by atoms with Gasteiger partial charge < -0.3 is 0 Å². The third kappa shape index (κ3) is 1.34. The maximum Gasteiger partial charge on any atom is 0.0727 e. The summed E-state index contributed by atoms with van der Waals surface area (Å²) in [5.41, 5.74) is 0. The molecule has 0 amide bonds. The van der Waals surface area contributed by atoms with Crippen molar-refractivity contribution in [1.29, 1.82) is 5.41 Å². The molecule has 0 aliphatic carbocycles. The first kappa shape index (κ1) is 9.82. The first-order valence-corrected chi connectivity index (χ1v) is 6.11. The quantitative estimate of drug-likeness (QED) is 0.575. The van der Waals surface area contributed by atoms with E-state index in [-0.39, 0.29) is 0 Å². The molecule has 0 radical (unpaired) electrons. The lowest BCUT2D eigenvalue weighted by Gasteiger charge is -2.03. The third-order valence-electron chi connectivity index (χ3n) is 2.60. The van der Waals surface area contributed by atoms with Crippen molar-refractivity contribution in [3.63, 3.8) is 0 Å². The van der Waals surface area contributed by atoms with Gasteiger partial charge >= 0.3 is 0 Å². The maximum absolute atomic E-state index is 8.20. The van der Waals surface area contributed by atoms with Crippen LogP contribution in [0.5, 0.6) is 0 Å². The number of hydrogen-bond donors (Lipinski definition) is 1. The second kappa shape index (κ2) is 3.58. The van der Waals surface area contributed by atoms with Crippen LogP contribution in [0.25, 0.3) is 20.2 Å². The van der Waals surface area contributed by atoms with Gasteiger partial charge in [0.1, 0.15) is 0 Å². The Hall–Kier alpha value is -1.38. The van der Waals surface area contributed by atoms with E-state index in [2.05, 4.69) is 0 Å². The van der Waals surface area contributed by atoms with Crippen molar-refractivity contribution in [3.05, 3.63) is 52.8 Å². The van der Waals surface area contributed by atoms with Crippen molar-refractivity contribution in [2.75, 3.05) is 0 Å². The highest BCUT2D eigenvalue weighted by atomic mass is 35.5. The zero-order chi connectivity index (χ0) is 11.1. The minimum atomic E-state index is 0.523. The van der Waals surface area contributed by atoms with Gasteiger partial charge in [0.25, 0.3) is 0 Å². The van der Waals surface area contributed by atoms with Crippen LogP contribution in [-0.2, 0) is 0 Å². The maximum atomic E-state index is 8.20. The van der Waals surface area contributed by atoms with Gasteiger partial charge in [0.2, 0.25) is 0 Å². The van der Waals surface area contributed by atoms with Crippen molar-refractivity contribution in [3.8, 4) is 0 Å². The lowest BCUT2D eigenvalue weighted by atomic mass is 10.2. The predicted octanol–water partition coefficient (Wildman–Crippen LogP) is 4.19. The number of halogens is 1. The minimum Gasteiger partial charge on any atom is -0.299 e. The summed E-state index contributed by atoms with van der Waals surface area (Å²) in [5.74, 6) is 0. The molecule has 0 saturated heterocycles. The summed E-state index contributed by atoms with van der Waals surface area (Å²) in [6.45, 7) is 0. The lowest BCUT2D eigenvalue weighted by Crippen LogP contribution is -2.01. The van der Waals surface area contributed by atoms with Gasteiger partial charge in [0.05, 0.1) is 10.4 Å². The smallest absolute Gasteiger partial charge is 0.0727 e. The first-order valence-electron chi connectivity index (χ1n) is 4.92. The van der Waals surface area contributed by atoms with Crippen molar-refractivity contribution in [2.24, 2.45) is 0 Å². The summed E-state index contributed by atoms with van der Waals surface area (Å²) in [6, 6.07) is 13.7. The topological polar surface area (TPSA) is 23.9 Å². The van der Waals surface area contributed by atoms with E-state index in [1.165, 1.54) is 0 Å². The summed E-state index contributed by atoms with van der Waals surface area (Å²) in [6.07, 6.45) is 0. The molecule has 1 N–H and O–H groups in total. The highest BCUT2D eigenvalue weighted by Gasteiger charge is 2.05. The van der Waals surface area contributed by atoms with Crippen molar-refractivity contribution >= 4 is 43.1 Å². The summed E-state index contributed by atoms with van der Waals surface area (Å²) in [5, 5.41) is 11.2. The second-order valence-corrected chi connectivity index (χ2v) is 5.08. The molecule has 0 atom stereocenters. The van der Waals surface area contributed by atoms with Gasteiger partial charge in [-0.3, -0.25) is 5.41 Å². The fourth-order valence-corrected chi connectivity index (χ4v) is 3.30. The summed E-state index contributed by atoms with van der Waals surface area (Å²) >= 11 is 7.82. The summed E-state index contributed by atoms with van der Waals surface area (Å²) < 4.78 is 2.19.